The van der Waals surface area contributed by atoms with Crippen LogP contribution >= 0.6 is 11.6 Å². The number of amides is 1. The minimum Gasteiger partial charge on any atom is -0.346 e. The Balaban J connectivity index is 1.41. The molecule has 1 saturated heterocycles. The van der Waals surface area contributed by atoms with Crippen molar-refractivity contribution < 1.29 is 9.32 Å². The van der Waals surface area contributed by atoms with Gasteiger partial charge in [0.25, 0.3) is 0 Å². The number of hydrogen-bond acceptors (Lipinski definition) is 5. The number of nitrogens with zero attached hydrogens (tertiary/aromatic N) is 2. The van der Waals surface area contributed by atoms with E-state index >= 15 is 0 Å². The quantitative estimate of drug-likeness (QED) is 0.876. The van der Waals surface area contributed by atoms with E-state index in [1.54, 1.807) is 12.1 Å². The van der Waals surface area contributed by atoms with Gasteiger partial charge in [0.05, 0.1) is 12.0 Å². The Hall–Kier alpha value is -1.92. The molecule has 1 aromatic heterocycles. The molecule has 132 valence electrons. The van der Waals surface area contributed by atoms with Crippen molar-refractivity contribution in [1.82, 2.24) is 20.8 Å². The van der Waals surface area contributed by atoms with Gasteiger partial charge in [0, 0.05) is 17.1 Å². The molecule has 2 aromatic rings. The molecule has 0 bridgehead atoms. The Morgan fingerprint density at radius 3 is 3.04 bits per heavy atom. The maximum Gasteiger partial charge on any atom is 0.246 e. The van der Waals surface area contributed by atoms with Crippen LogP contribution in [0.3, 0.4) is 0 Å². The van der Waals surface area contributed by atoms with Crippen molar-refractivity contribution in [1.29, 1.82) is 0 Å². The molecule has 1 aliphatic heterocycles. The van der Waals surface area contributed by atoms with E-state index in [9.17, 15) is 4.79 Å². The Morgan fingerprint density at radius 1 is 1.36 bits per heavy atom. The molecule has 25 heavy (non-hydrogen) atoms. The van der Waals surface area contributed by atoms with Gasteiger partial charge >= 0.3 is 0 Å². The van der Waals surface area contributed by atoms with Crippen molar-refractivity contribution in [2.45, 2.75) is 32.2 Å². The van der Waals surface area contributed by atoms with Crippen LogP contribution in [0.4, 0.5) is 0 Å². The maximum atomic E-state index is 12.8. The summed E-state index contributed by atoms with van der Waals surface area (Å²) in [4.78, 5) is 17.2. The van der Waals surface area contributed by atoms with Crippen molar-refractivity contribution in [2.24, 2.45) is 11.3 Å². The zero-order chi connectivity index (χ0) is 17.3. The molecular formula is C18H21ClN4O2. The molecular weight excluding hydrogens is 340 g/mol. The summed E-state index contributed by atoms with van der Waals surface area (Å²) in [6.45, 7) is 1.96. The van der Waals surface area contributed by atoms with Gasteiger partial charge in [-0.25, -0.2) is 0 Å². The topological polar surface area (TPSA) is 80.1 Å². The fraction of sp³-hybridized carbons (Fsp3) is 0.500. The van der Waals surface area contributed by atoms with Gasteiger partial charge in [-0.15, -0.1) is 0 Å². The van der Waals surface area contributed by atoms with Crippen molar-refractivity contribution in [2.75, 3.05) is 13.1 Å². The van der Waals surface area contributed by atoms with Crippen LogP contribution in [-0.4, -0.2) is 29.1 Å². The Kier molecular flexibility index (Phi) is 4.48. The third kappa shape index (κ3) is 3.16. The van der Waals surface area contributed by atoms with Crippen molar-refractivity contribution in [3.05, 3.63) is 35.2 Å². The predicted octanol–water partition coefficient (Wildman–Crippen LogP) is 2.79. The summed E-state index contributed by atoms with van der Waals surface area (Å²) in [5.41, 5.74) is 0.564. The van der Waals surface area contributed by atoms with Crippen LogP contribution in [0.15, 0.2) is 28.8 Å². The molecule has 1 aromatic carbocycles. The second kappa shape index (κ2) is 6.77. The van der Waals surface area contributed by atoms with Crippen LogP contribution in [0.5, 0.6) is 0 Å². The van der Waals surface area contributed by atoms with Crippen LogP contribution in [-0.2, 0) is 11.3 Å². The molecule has 2 aliphatic rings. The van der Waals surface area contributed by atoms with Crippen LogP contribution < -0.4 is 10.6 Å². The molecule has 2 heterocycles. The Morgan fingerprint density at radius 2 is 2.20 bits per heavy atom. The largest absolute Gasteiger partial charge is 0.346 e. The first-order valence-electron chi connectivity index (χ1n) is 8.75. The van der Waals surface area contributed by atoms with Crippen LogP contribution in [0.2, 0.25) is 5.02 Å². The summed E-state index contributed by atoms with van der Waals surface area (Å²) < 4.78 is 5.27. The smallest absolute Gasteiger partial charge is 0.246 e. The van der Waals surface area contributed by atoms with E-state index in [0.29, 0.717) is 22.7 Å². The van der Waals surface area contributed by atoms with E-state index in [4.69, 9.17) is 16.1 Å². The van der Waals surface area contributed by atoms with Gasteiger partial charge < -0.3 is 15.2 Å². The van der Waals surface area contributed by atoms with E-state index in [2.05, 4.69) is 20.8 Å². The molecule has 1 amide bonds. The Bertz CT molecular complexity index is 761. The molecule has 6 nitrogen and oxygen atoms in total. The zero-order valence-electron chi connectivity index (χ0n) is 13.9. The van der Waals surface area contributed by atoms with Gasteiger partial charge in [0.2, 0.25) is 17.6 Å². The fourth-order valence-corrected chi connectivity index (χ4v) is 4.19. The average Bonchev–Trinajstić information content (AvgIpc) is 3.28. The van der Waals surface area contributed by atoms with Gasteiger partial charge in [-0.3, -0.25) is 4.79 Å². The summed E-state index contributed by atoms with van der Waals surface area (Å²) >= 11 is 5.89. The SMILES string of the molecule is O=C(NCc1nc(-c2ccc(Cl)cc2)no1)[C@@]12CCCC[C@H]1CNC2. The molecule has 2 N–H and O–H groups in total. The lowest BCUT2D eigenvalue weighted by atomic mass is 9.67. The van der Waals surface area contributed by atoms with E-state index in [0.717, 1.165) is 37.9 Å². The first kappa shape index (κ1) is 16.5. The molecule has 0 spiro atoms. The molecule has 1 aliphatic carbocycles. The first-order chi connectivity index (χ1) is 12.2. The van der Waals surface area contributed by atoms with Gasteiger partial charge in [-0.2, -0.15) is 4.98 Å². The van der Waals surface area contributed by atoms with Crippen molar-refractivity contribution in [3.63, 3.8) is 0 Å². The van der Waals surface area contributed by atoms with Crippen molar-refractivity contribution in [3.8, 4) is 11.4 Å². The standard InChI is InChI=1S/C18H21ClN4O2/c19-14-6-4-12(5-7-14)16-22-15(25-23-16)10-21-17(24)18-8-2-1-3-13(18)9-20-11-18/h4-7,13,20H,1-3,8-11H2,(H,21,24)/t13-,18+/m0/s1. The highest BCUT2D eigenvalue weighted by Gasteiger charge is 2.49. The lowest BCUT2D eigenvalue weighted by Crippen LogP contribution is -2.47. The molecule has 2 fully saturated rings. The first-order valence-corrected chi connectivity index (χ1v) is 9.13. The van der Waals surface area contributed by atoms with E-state index in [1.165, 1.54) is 6.42 Å². The summed E-state index contributed by atoms with van der Waals surface area (Å²) in [7, 11) is 0. The lowest BCUT2D eigenvalue weighted by Gasteiger charge is -2.36. The summed E-state index contributed by atoms with van der Waals surface area (Å²) in [6.07, 6.45) is 4.42. The highest BCUT2D eigenvalue weighted by Crippen LogP contribution is 2.43. The maximum absolute atomic E-state index is 12.8. The molecule has 1 saturated carbocycles. The van der Waals surface area contributed by atoms with Crippen molar-refractivity contribution >= 4 is 17.5 Å². The average molecular weight is 361 g/mol. The highest BCUT2D eigenvalue weighted by atomic mass is 35.5. The highest BCUT2D eigenvalue weighted by molar-refractivity contribution is 6.30. The van der Waals surface area contributed by atoms with Gasteiger partial charge in [-0.1, -0.05) is 29.6 Å². The van der Waals surface area contributed by atoms with Gasteiger partial charge in [-0.05, 0) is 49.6 Å². The number of nitrogens with one attached hydrogen (secondary N) is 2. The number of carbonyl (C=O) groups is 1. The number of carbonyl (C=O) groups excluding carboxylic acids is 1. The number of halogens is 1. The summed E-state index contributed by atoms with van der Waals surface area (Å²) in [5, 5.41) is 11.0. The minimum atomic E-state index is -0.267. The van der Waals surface area contributed by atoms with E-state index < -0.39 is 0 Å². The third-order valence-corrected chi connectivity index (χ3v) is 5.71. The van der Waals surface area contributed by atoms with Crippen LogP contribution in [0.25, 0.3) is 11.4 Å². The van der Waals surface area contributed by atoms with Gasteiger partial charge in [0.1, 0.15) is 0 Å². The third-order valence-electron chi connectivity index (χ3n) is 5.46. The fourth-order valence-electron chi connectivity index (χ4n) is 4.07. The van der Waals surface area contributed by atoms with Gasteiger partial charge in [0.15, 0.2) is 0 Å². The second-order valence-corrected chi connectivity index (χ2v) is 7.37. The number of hydrogen-bond donors (Lipinski definition) is 2. The second-order valence-electron chi connectivity index (χ2n) is 6.93. The minimum absolute atomic E-state index is 0.105. The Labute approximate surface area is 151 Å². The molecule has 4 rings (SSSR count). The number of rotatable bonds is 4. The predicted molar refractivity (Wildman–Crippen MR) is 93.9 cm³/mol. The lowest BCUT2D eigenvalue weighted by molar-refractivity contribution is -0.134. The van der Waals surface area contributed by atoms with Crippen LogP contribution in [0.1, 0.15) is 31.6 Å². The van der Waals surface area contributed by atoms with Crippen LogP contribution in [0, 0.1) is 11.3 Å². The zero-order valence-corrected chi connectivity index (χ0v) is 14.7. The summed E-state index contributed by atoms with van der Waals surface area (Å²) in [6, 6.07) is 7.24. The monoisotopic (exact) mass is 360 g/mol. The number of fused-ring (bicyclic) bond motifs is 1. The molecule has 0 unspecified atom stereocenters. The van der Waals surface area contributed by atoms with E-state index in [-0.39, 0.29) is 17.9 Å². The normalized spacial score (nSPS) is 25.6. The van der Waals surface area contributed by atoms with E-state index in [1.807, 2.05) is 12.1 Å². The summed E-state index contributed by atoms with van der Waals surface area (Å²) in [5.74, 6) is 1.45. The molecule has 2 atom stereocenters. The number of benzene rings is 1. The molecule has 0 radical (unpaired) electrons. The molecule has 7 heteroatoms. The number of aromatic nitrogens is 2.